The molecule has 2 rings (SSSR count). The summed E-state index contributed by atoms with van der Waals surface area (Å²) in [5.41, 5.74) is 0.742. The average Bonchev–Trinajstić information content (AvgIpc) is 2.87. The Balaban J connectivity index is 2.23. The highest BCUT2D eigenvalue weighted by Crippen LogP contribution is 2.25. The molecule has 0 fully saturated rings. The summed E-state index contributed by atoms with van der Waals surface area (Å²) in [5.74, 6) is 0.465. The van der Waals surface area contributed by atoms with Gasteiger partial charge in [0.1, 0.15) is 5.75 Å². The number of fused-ring (bicyclic) bond motifs is 1. The second-order valence-electron chi connectivity index (χ2n) is 4.11. The molecule has 0 aliphatic rings. The third-order valence-corrected chi connectivity index (χ3v) is 3.87. The zero-order chi connectivity index (χ0) is 13.8. The van der Waals surface area contributed by atoms with Crippen molar-refractivity contribution in [2.24, 2.45) is 0 Å². The summed E-state index contributed by atoms with van der Waals surface area (Å²) in [5, 5.41) is 12.2. The summed E-state index contributed by atoms with van der Waals surface area (Å²) < 4.78 is 6.06. The number of aromatic nitrogens is 1. The lowest BCUT2D eigenvalue weighted by molar-refractivity contribution is 0.0915. The topological polar surface area (TPSA) is 71.5 Å². The highest BCUT2D eigenvalue weighted by molar-refractivity contribution is 7.20. The highest BCUT2D eigenvalue weighted by atomic mass is 32.1. The maximum Gasteiger partial charge on any atom is 0.280 e. The first-order chi connectivity index (χ1) is 9.17. The van der Waals surface area contributed by atoms with Crippen LogP contribution in [0.5, 0.6) is 5.75 Å². The van der Waals surface area contributed by atoms with Crippen LogP contribution in [0.4, 0.5) is 0 Å². The van der Waals surface area contributed by atoms with E-state index in [-0.39, 0.29) is 18.6 Å². The van der Waals surface area contributed by atoms with Gasteiger partial charge >= 0.3 is 0 Å². The number of rotatable bonds is 5. The smallest absolute Gasteiger partial charge is 0.280 e. The normalized spacial score (nSPS) is 12.4. The SMILES string of the molecule is CCC(CO)NC(=O)c1nc2cc(OC)ccc2s1. The third-order valence-electron chi connectivity index (χ3n) is 2.84. The Morgan fingerprint density at radius 2 is 2.37 bits per heavy atom. The summed E-state index contributed by atoms with van der Waals surface area (Å²) >= 11 is 1.33. The van der Waals surface area contributed by atoms with Gasteiger partial charge < -0.3 is 15.2 Å². The molecule has 1 aromatic heterocycles. The number of ether oxygens (including phenoxy) is 1. The molecular weight excluding hydrogens is 264 g/mol. The maximum atomic E-state index is 12.0. The summed E-state index contributed by atoms with van der Waals surface area (Å²) in [7, 11) is 1.59. The molecule has 1 heterocycles. The van der Waals surface area contributed by atoms with Gasteiger partial charge in [-0.3, -0.25) is 4.79 Å². The Kier molecular flexibility index (Phi) is 4.34. The van der Waals surface area contributed by atoms with Crippen molar-refractivity contribution < 1.29 is 14.6 Å². The molecule has 0 aliphatic carbocycles. The van der Waals surface area contributed by atoms with Crippen LogP contribution in [0.2, 0.25) is 0 Å². The fourth-order valence-electron chi connectivity index (χ4n) is 1.66. The summed E-state index contributed by atoms with van der Waals surface area (Å²) in [4.78, 5) is 16.3. The van der Waals surface area contributed by atoms with Gasteiger partial charge in [-0.2, -0.15) is 0 Å². The summed E-state index contributed by atoms with van der Waals surface area (Å²) in [6, 6.07) is 5.29. The lowest BCUT2D eigenvalue weighted by Gasteiger charge is -2.12. The number of amides is 1. The van der Waals surface area contributed by atoms with E-state index in [1.807, 2.05) is 19.1 Å². The van der Waals surface area contributed by atoms with E-state index in [0.29, 0.717) is 17.2 Å². The Hall–Kier alpha value is -1.66. The van der Waals surface area contributed by atoms with Crippen molar-refractivity contribution in [1.29, 1.82) is 0 Å². The molecule has 102 valence electrons. The van der Waals surface area contributed by atoms with Gasteiger partial charge in [0, 0.05) is 6.07 Å². The second kappa shape index (κ2) is 5.99. The first-order valence-corrected chi connectivity index (χ1v) is 6.85. The number of methoxy groups -OCH3 is 1. The molecule has 2 aromatic rings. The van der Waals surface area contributed by atoms with Crippen LogP contribution in [0.25, 0.3) is 10.2 Å². The van der Waals surface area contributed by atoms with Crippen LogP contribution >= 0.6 is 11.3 Å². The van der Waals surface area contributed by atoms with Crippen LogP contribution in [-0.2, 0) is 0 Å². The fourth-order valence-corrected chi connectivity index (χ4v) is 2.50. The molecule has 1 amide bonds. The van der Waals surface area contributed by atoms with Gasteiger partial charge in [0.25, 0.3) is 5.91 Å². The highest BCUT2D eigenvalue weighted by Gasteiger charge is 2.15. The summed E-state index contributed by atoms with van der Waals surface area (Å²) in [6.07, 6.45) is 0.682. The lowest BCUT2D eigenvalue weighted by Crippen LogP contribution is -2.36. The molecule has 0 bridgehead atoms. The molecule has 1 atom stereocenters. The van der Waals surface area contributed by atoms with E-state index in [2.05, 4.69) is 10.3 Å². The van der Waals surface area contributed by atoms with Gasteiger partial charge in [0.15, 0.2) is 5.01 Å². The molecular formula is C13H16N2O3S. The van der Waals surface area contributed by atoms with E-state index < -0.39 is 0 Å². The number of aliphatic hydroxyl groups is 1. The quantitative estimate of drug-likeness (QED) is 0.876. The number of carbonyl (C=O) groups is 1. The van der Waals surface area contributed by atoms with Crippen LogP contribution < -0.4 is 10.1 Å². The minimum Gasteiger partial charge on any atom is -0.497 e. The first-order valence-electron chi connectivity index (χ1n) is 6.04. The van der Waals surface area contributed by atoms with Gasteiger partial charge in [0.05, 0.1) is 30.0 Å². The molecule has 0 aliphatic heterocycles. The van der Waals surface area contributed by atoms with Crippen LogP contribution in [0.1, 0.15) is 23.1 Å². The molecule has 0 saturated carbocycles. The van der Waals surface area contributed by atoms with Crippen molar-refractivity contribution in [2.45, 2.75) is 19.4 Å². The molecule has 5 nitrogen and oxygen atoms in total. The fraction of sp³-hybridized carbons (Fsp3) is 0.385. The van der Waals surface area contributed by atoms with Gasteiger partial charge in [-0.15, -0.1) is 11.3 Å². The molecule has 2 N–H and O–H groups in total. The van der Waals surface area contributed by atoms with Crippen LogP contribution in [0.15, 0.2) is 18.2 Å². The molecule has 1 unspecified atom stereocenters. The van der Waals surface area contributed by atoms with Crippen molar-refractivity contribution >= 4 is 27.5 Å². The Bertz CT molecular complexity index is 578. The number of hydrogen-bond acceptors (Lipinski definition) is 5. The monoisotopic (exact) mass is 280 g/mol. The average molecular weight is 280 g/mol. The van der Waals surface area contributed by atoms with Crippen LogP contribution in [0, 0.1) is 0 Å². The van der Waals surface area contributed by atoms with Crippen LogP contribution in [-0.4, -0.2) is 35.8 Å². The number of thiazole rings is 1. The largest absolute Gasteiger partial charge is 0.497 e. The lowest BCUT2D eigenvalue weighted by atomic mass is 10.2. The van der Waals surface area contributed by atoms with E-state index in [0.717, 1.165) is 10.2 Å². The molecule has 0 spiro atoms. The first kappa shape index (κ1) is 13.8. The zero-order valence-electron chi connectivity index (χ0n) is 10.8. The number of aliphatic hydroxyl groups excluding tert-OH is 1. The van der Waals surface area contributed by atoms with Crippen molar-refractivity contribution in [3.63, 3.8) is 0 Å². The maximum absolute atomic E-state index is 12.0. The number of nitrogens with zero attached hydrogens (tertiary/aromatic N) is 1. The van der Waals surface area contributed by atoms with Gasteiger partial charge in [-0.05, 0) is 18.6 Å². The molecule has 19 heavy (non-hydrogen) atoms. The van der Waals surface area contributed by atoms with E-state index in [1.54, 1.807) is 13.2 Å². The van der Waals surface area contributed by atoms with Gasteiger partial charge in [-0.1, -0.05) is 6.92 Å². The molecule has 0 saturated heterocycles. The van der Waals surface area contributed by atoms with E-state index in [4.69, 9.17) is 9.84 Å². The predicted molar refractivity (Wildman–Crippen MR) is 74.8 cm³/mol. The molecule has 1 aromatic carbocycles. The van der Waals surface area contributed by atoms with Gasteiger partial charge in [0.2, 0.25) is 0 Å². The third kappa shape index (κ3) is 3.02. The second-order valence-corrected chi connectivity index (χ2v) is 5.14. The van der Waals surface area contributed by atoms with Crippen molar-refractivity contribution in [3.8, 4) is 5.75 Å². The number of benzene rings is 1. The Morgan fingerprint density at radius 1 is 1.58 bits per heavy atom. The van der Waals surface area contributed by atoms with E-state index in [1.165, 1.54) is 11.3 Å². The number of carbonyl (C=O) groups excluding carboxylic acids is 1. The minimum atomic E-state index is -0.249. The standard InChI is InChI=1S/C13H16N2O3S/c1-3-8(7-16)14-12(17)13-15-10-6-9(18-2)4-5-11(10)19-13/h4-6,8,16H,3,7H2,1-2H3,(H,14,17). The molecule has 0 radical (unpaired) electrons. The molecule has 6 heteroatoms. The number of nitrogens with one attached hydrogen (secondary N) is 1. The number of hydrogen-bond donors (Lipinski definition) is 2. The van der Waals surface area contributed by atoms with Crippen molar-refractivity contribution in [3.05, 3.63) is 23.2 Å². The van der Waals surface area contributed by atoms with Crippen molar-refractivity contribution in [2.75, 3.05) is 13.7 Å². The van der Waals surface area contributed by atoms with Gasteiger partial charge in [-0.25, -0.2) is 4.98 Å². The summed E-state index contributed by atoms with van der Waals surface area (Å²) in [6.45, 7) is 1.84. The Morgan fingerprint density at radius 3 is 3.00 bits per heavy atom. The van der Waals surface area contributed by atoms with Crippen molar-refractivity contribution in [1.82, 2.24) is 10.3 Å². The van der Waals surface area contributed by atoms with E-state index >= 15 is 0 Å². The predicted octanol–water partition coefficient (Wildman–Crippen LogP) is 1.81. The van der Waals surface area contributed by atoms with Crippen LogP contribution in [0.3, 0.4) is 0 Å². The Labute approximate surface area is 115 Å². The zero-order valence-corrected chi connectivity index (χ0v) is 11.7. The van der Waals surface area contributed by atoms with E-state index in [9.17, 15) is 4.79 Å². The minimum absolute atomic E-state index is 0.0685.